The summed E-state index contributed by atoms with van der Waals surface area (Å²) in [5.74, 6) is 0.456. The fraction of sp³-hybridized carbons (Fsp3) is 0.250. The number of piperazine rings is 1. The van der Waals surface area contributed by atoms with Crippen LogP contribution in [-0.2, 0) is 4.79 Å². The number of rotatable bonds is 3. The van der Waals surface area contributed by atoms with E-state index in [1.165, 1.54) is 0 Å². The monoisotopic (exact) mass is 484 g/mol. The maximum atomic E-state index is 14.1. The van der Waals surface area contributed by atoms with Gasteiger partial charge in [-0.1, -0.05) is 91.0 Å². The van der Waals surface area contributed by atoms with Crippen LogP contribution in [0.4, 0.5) is 4.79 Å². The predicted octanol–water partition coefficient (Wildman–Crippen LogP) is 4.15. The number of carbonyl (C=O) groups excluding carboxylic acids is 2. The third kappa shape index (κ3) is 4.82. The van der Waals surface area contributed by atoms with Crippen molar-refractivity contribution in [2.75, 3.05) is 19.6 Å². The normalized spacial score (nSPS) is 26.2. The molecule has 0 aromatic heterocycles. The number of thiol groups is 1. The first-order valence-electron chi connectivity index (χ1n) is 11.8. The topological polar surface area (TPSA) is 65.0 Å². The number of nitrogens with one attached hydrogen (secondary N) is 1. The van der Waals surface area contributed by atoms with Crippen molar-refractivity contribution < 1.29 is 9.59 Å². The number of amidine groups is 1. The van der Waals surface area contributed by atoms with Gasteiger partial charge in [-0.3, -0.25) is 14.7 Å². The van der Waals surface area contributed by atoms with Crippen LogP contribution in [-0.4, -0.2) is 58.0 Å². The number of hydrogen-bond acceptors (Lipinski definition) is 4. The van der Waals surface area contributed by atoms with Crippen molar-refractivity contribution in [2.45, 2.75) is 23.8 Å². The van der Waals surface area contributed by atoms with Gasteiger partial charge in [0, 0.05) is 23.4 Å². The molecule has 0 bridgehead atoms. The van der Waals surface area contributed by atoms with E-state index in [1.807, 2.05) is 98.0 Å². The van der Waals surface area contributed by atoms with Crippen molar-refractivity contribution in [2.24, 2.45) is 4.99 Å². The third-order valence-corrected chi connectivity index (χ3v) is 6.73. The fourth-order valence-electron chi connectivity index (χ4n) is 4.67. The van der Waals surface area contributed by atoms with Gasteiger partial charge in [-0.15, -0.1) is 0 Å². The number of nitrogens with zero attached hydrogens (tertiary/aromatic N) is 3. The number of carbonyl (C=O) groups is 2. The minimum Gasteiger partial charge on any atom is -0.353 e. The highest BCUT2D eigenvalue weighted by Crippen LogP contribution is 2.39. The molecule has 0 radical (unpaired) electrons. The van der Waals surface area contributed by atoms with E-state index >= 15 is 0 Å². The molecule has 2 aromatic rings. The molecule has 1 saturated heterocycles. The lowest BCUT2D eigenvalue weighted by atomic mass is 9.92. The van der Waals surface area contributed by atoms with Crippen LogP contribution >= 0.6 is 12.6 Å². The zero-order chi connectivity index (χ0) is 24.4. The van der Waals surface area contributed by atoms with Crippen molar-refractivity contribution >= 4 is 30.4 Å². The summed E-state index contributed by atoms with van der Waals surface area (Å²) in [4.78, 5) is 34.7. The standard InChI is InChI=1S/C28H28N4O2S/c1-28(35)15-8-13-21(14-16-28)25-24(20-9-4-2-5-10-20)30-26(22-11-6-3-7-12-22)32(25)27(34)31-18-17-29-23(33)19-31/h2-16,24-25,35H,17-19H2,1H3,(H,29,33). The molecule has 6 nitrogen and oxygen atoms in total. The molecule has 35 heavy (non-hydrogen) atoms. The molecule has 3 unspecified atom stereocenters. The van der Waals surface area contributed by atoms with Crippen LogP contribution in [0.1, 0.15) is 24.1 Å². The first-order valence-corrected chi connectivity index (χ1v) is 12.2. The van der Waals surface area contributed by atoms with Crippen molar-refractivity contribution in [1.29, 1.82) is 0 Å². The Hall–Kier alpha value is -3.58. The molecule has 0 saturated carbocycles. The molecule has 7 heteroatoms. The molecule has 5 rings (SSSR count). The highest BCUT2D eigenvalue weighted by molar-refractivity contribution is 7.82. The number of allylic oxidation sites excluding steroid dienone is 2. The van der Waals surface area contributed by atoms with E-state index in [-0.39, 0.29) is 30.6 Å². The molecule has 1 fully saturated rings. The van der Waals surface area contributed by atoms with Gasteiger partial charge in [-0.05, 0) is 18.1 Å². The molecule has 3 aliphatic rings. The Morgan fingerprint density at radius 2 is 1.80 bits per heavy atom. The van der Waals surface area contributed by atoms with Crippen LogP contribution in [0.15, 0.2) is 102 Å². The molecule has 3 atom stereocenters. The Morgan fingerprint density at radius 1 is 1.09 bits per heavy atom. The van der Waals surface area contributed by atoms with E-state index in [1.54, 1.807) is 9.80 Å². The maximum Gasteiger partial charge on any atom is 0.326 e. The fourth-order valence-corrected chi connectivity index (χ4v) is 4.83. The lowest BCUT2D eigenvalue weighted by Gasteiger charge is -2.36. The van der Waals surface area contributed by atoms with Gasteiger partial charge in [-0.2, -0.15) is 12.6 Å². The summed E-state index contributed by atoms with van der Waals surface area (Å²) in [6.07, 6.45) is 10.1. The van der Waals surface area contributed by atoms with Gasteiger partial charge >= 0.3 is 6.03 Å². The predicted molar refractivity (Wildman–Crippen MR) is 142 cm³/mol. The molecule has 178 valence electrons. The second-order valence-electron chi connectivity index (χ2n) is 9.13. The van der Waals surface area contributed by atoms with E-state index < -0.39 is 4.75 Å². The summed E-state index contributed by atoms with van der Waals surface area (Å²) in [7, 11) is 0. The summed E-state index contributed by atoms with van der Waals surface area (Å²) >= 11 is 4.72. The SMILES string of the molecule is CC1(S)C=CC=C(C2C(c3ccccc3)N=C(c3ccccc3)N2C(=O)N2CCNC(=O)C2)C=C1. The molecule has 2 heterocycles. The van der Waals surface area contributed by atoms with Gasteiger partial charge < -0.3 is 10.2 Å². The van der Waals surface area contributed by atoms with Gasteiger partial charge in [0.05, 0.1) is 6.04 Å². The van der Waals surface area contributed by atoms with E-state index in [0.29, 0.717) is 18.9 Å². The van der Waals surface area contributed by atoms with Gasteiger partial charge in [0.15, 0.2) is 0 Å². The van der Waals surface area contributed by atoms with Crippen LogP contribution in [0.2, 0.25) is 0 Å². The number of urea groups is 1. The Kier molecular flexibility index (Phi) is 6.34. The van der Waals surface area contributed by atoms with Crippen molar-refractivity contribution in [3.05, 3.63) is 108 Å². The van der Waals surface area contributed by atoms with E-state index in [9.17, 15) is 9.59 Å². The zero-order valence-electron chi connectivity index (χ0n) is 19.5. The molecule has 2 aromatic carbocycles. The second kappa shape index (κ2) is 9.58. The molecular formula is C28H28N4O2S. The van der Waals surface area contributed by atoms with Gasteiger partial charge in [-0.25, -0.2) is 4.79 Å². The molecule has 0 spiro atoms. The average Bonchev–Trinajstić information content (AvgIpc) is 3.17. The summed E-state index contributed by atoms with van der Waals surface area (Å²) < 4.78 is -0.401. The van der Waals surface area contributed by atoms with E-state index in [4.69, 9.17) is 17.6 Å². The zero-order valence-corrected chi connectivity index (χ0v) is 20.4. The van der Waals surface area contributed by atoms with E-state index in [2.05, 4.69) is 5.32 Å². The van der Waals surface area contributed by atoms with Crippen molar-refractivity contribution in [3.63, 3.8) is 0 Å². The summed E-state index contributed by atoms with van der Waals surface area (Å²) in [6, 6.07) is 18.9. The third-order valence-electron chi connectivity index (χ3n) is 6.43. The van der Waals surface area contributed by atoms with Gasteiger partial charge in [0.2, 0.25) is 5.91 Å². The Labute approximate surface area is 211 Å². The number of amides is 3. The molecule has 3 amide bonds. The van der Waals surface area contributed by atoms with Crippen molar-refractivity contribution in [3.8, 4) is 0 Å². The van der Waals surface area contributed by atoms with Crippen LogP contribution in [0, 0.1) is 0 Å². The largest absolute Gasteiger partial charge is 0.353 e. The Balaban J connectivity index is 1.65. The number of hydrogen-bond donors (Lipinski definition) is 2. The smallest absolute Gasteiger partial charge is 0.326 e. The summed E-state index contributed by atoms with van der Waals surface area (Å²) in [5, 5.41) is 2.81. The minimum absolute atomic E-state index is 0.0314. The number of aliphatic imine (C=N–C) groups is 1. The first-order chi connectivity index (χ1) is 16.9. The highest BCUT2D eigenvalue weighted by atomic mass is 32.1. The molecular weight excluding hydrogens is 456 g/mol. The Bertz CT molecular complexity index is 1230. The van der Waals surface area contributed by atoms with Crippen LogP contribution in [0.3, 0.4) is 0 Å². The molecule has 1 N–H and O–H groups in total. The van der Waals surface area contributed by atoms with Crippen LogP contribution < -0.4 is 5.32 Å². The van der Waals surface area contributed by atoms with Gasteiger partial charge in [0.1, 0.15) is 18.4 Å². The van der Waals surface area contributed by atoms with E-state index in [0.717, 1.165) is 16.7 Å². The lowest BCUT2D eigenvalue weighted by molar-refractivity contribution is -0.123. The maximum absolute atomic E-state index is 14.1. The van der Waals surface area contributed by atoms with Crippen LogP contribution in [0.5, 0.6) is 0 Å². The lowest BCUT2D eigenvalue weighted by Crippen LogP contribution is -2.56. The Morgan fingerprint density at radius 3 is 2.51 bits per heavy atom. The second-order valence-corrected chi connectivity index (χ2v) is 10.1. The minimum atomic E-state index is -0.401. The van der Waals surface area contributed by atoms with Gasteiger partial charge in [0.25, 0.3) is 0 Å². The number of benzene rings is 2. The first kappa shape index (κ1) is 23.2. The van der Waals surface area contributed by atoms with Crippen molar-refractivity contribution in [1.82, 2.24) is 15.1 Å². The average molecular weight is 485 g/mol. The summed E-state index contributed by atoms with van der Waals surface area (Å²) in [5.41, 5.74) is 2.84. The highest BCUT2D eigenvalue weighted by Gasteiger charge is 2.44. The summed E-state index contributed by atoms with van der Waals surface area (Å²) in [6.45, 7) is 2.94. The molecule has 1 aliphatic carbocycles. The molecule has 2 aliphatic heterocycles. The van der Waals surface area contributed by atoms with Crippen LogP contribution in [0.25, 0.3) is 0 Å². The quantitative estimate of drug-likeness (QED) is 0.643.